The maximum absolute atomic E-state index is 12.3. The minimum absolute atomic E-state index is 0. The van der Waals surface area contributed by atoms with Crippen LogP contribution in [0.1, 0.15) is 52.3 Å². The summed E-state index contributed by atoms with van der Waals surface area (Å²) in [5.41, 5.74) is -0.490. The predicted octanol–water partition coefficient (Wildman–Crippen LogP) is 2.45. The van der Waals surface area contributed by atoms with Crippen molar-refractivity contribution in [1.29, 1.82) is 0 Å². The minimum atomic E-state index is -0.490. The van der Waals surface area contributed by atoms with Gasteiger partial charge in [-0.05, 0) is 40.5 Å². The van der Waals surface area contributed by atoms with Gasteiger partial charge in [0.05, 0.1) is 0 Å². The van der Waals surface area contributed by atoms with Crippen molar-refractivity contribution in [3.63, 3.8) is 0 Å². The third kappa shape index (κ3) is 8.31. The molecule has 2 rings (SSSR count). The van der Waals surface area contributed by atoms with Crippen LogP contribution in [0, 0.1) is 6.92 Å². The molecule has 0 spiro atoms. The molecule has 2 heterocycles. The van der Waals surface area contributed by atoms with Gasteiger partial charge in [0.25, 0.3) is 0 Å². The number of likely N-dealkylation sites (tertiary alicyclic amines) is 1. The maximum Gasteiger partial charge on any atom is 0.410 e. The molecule has 2 N–H and O–H groups in total. The van der Waals surface area contributed by atoms with Gasteiger partial charge < -0.3 is 24.8 Å². The number of hydrogen-bond acceptors (Lipinski definition) is 6. The molecule has 1 fully saturated rings. The van der Waals surface area contributed by atoms with Crippen molar-refractivity contribution in [3.8, 4) is 0 Å². The Labute approximate surface area is 177 Å². The summed E-state index contributed by atoms with van der Waals surface area (Å²) < 4.78 is 10.4. The lowest BCUT2D eigenvalue weighted by Crippen LogP contribution is -2.53. The second-order valence-electron chi connectivity index (χ2n) is 7.33. The SMILES string of the molecule is CCNC(=NCc1noc(C)n1)NC1CCCN(C(=O)OC(C)(C)C)C1.I. The zero-order chi connectivity index (χ0) is 19.2. The second-order valence-corrected chi connectivity index (χ2v) is 7.33. The van der Waals surface area contributed by atoms with Gasteiger partial charge in [-0.25, -0.2) is 9.79 Å². The number of guanidine groups is 1. The molecule has 9 nitrogen and oxygen atoms in total. The van der Waals surface area contributed by atoms with Crippen LogP contribution in [0.5, 0.6) is 0 Å². The number of halogens is 1. The molecule has 27 heavy (non-hydrogen) atoms. The van der Waals surface area contributed by atoms with Crippen molar-refractivity contribution in [1.82, 2.24) is 25.7 Å². The quantitative estimate of drug-likeness (QED) is 0.377. The van der Waals surface area contributed by atoms with E-state index in [1.807, 2.05) is 27.7 Å². The van der Waals surface area contributed by atoms with Crippen LogP contribution in [0.3, 0.4) is 0 Å². The molecule has 1 aromatic heterocycles. The van der Waals surface area contributed by atoms with Crippen LogP contribution < -0.4 is 10.6 Å². The first-order valence-corrected chi connectivity index (χ1v) is 9.09. The number of aryl methyl sites for hydroxylation is 1. The lowest BCUT2D eigenvalue weighted by Gasteiger charge is -2.35. The summed E-state index contributed by atoms with van der Waals surface area (Å²) in [5.74, 6) is 1.73. The lowest BCUT2D eigenvalue weighted by molar-refractivity contribution is 0.0193. The fraction of sp³-hybridized carbons (Fsp3) is 0.765. The average molecular weight is 494 g/mol. The number of aliphatic imine (C=N–C) groups is 1. The number of carbonyl (C=O) groups excluding carboxylic acids is 1. The first-order chi connectivity index (χ1) is 12.3. The molecular weight excluding hydrogens is 463 g/mol. The van der Waals surface area contributed by atoms with Crippen LogP contribution in [0.4, 0.5) is 4.79 Å². The largest absolute Gasteiger partial charge is 0.444 e. The van der Waals surface area contributed by atoms with Crippen LogP contribution >= 0.6 is 24.0 Å². The van der Waals surface area contributed by atoms with Gasteiger partial charge in [-0.3, -0.25) is 0 Å². The van der Waals surface area contributed by atoms with E-state index < -0.39 is 5.60 Å². The maximum atomic E-state index is 12.3. The highest BCUT2D eigenvalue weighted by Gasteiger charge is 2.28. The Balaban J connectivity index is 0.00000364. The molecule has 1 saturated heterocycles. The van der Waals surface area contributed by atoms with Gasteiger partial charge in [-0.2, -0.15) is 4.98 Å². The summed E-state index contributed by atoms with van der Waals surface area (Å²) in [7, 11) is 0. The fourth-order valence-electron chi connectivity index (χ4n) is 2.66. The third-order valence-corrected chi connectivity index (χ3v) is 3.71. The number of hydrogen-bond donors (Lipinski definition) is 2. The van der Waals surface area contributed by atoms with E-state index in [2.05, 4.69) is 25.8 Å². The zero-order valence-electron chi connectivity index (χ0n) is 16.7. The molecule has 0 aromatic carbocycles. The predicted molar refractivity (Wildman–Crippen MR) is 113 cm³/mol. The molecule has 1 atom stereocenters. The van der Waals surface area contributed by atoms with E-state index in [4.69, 9.17) is 9.26 Å². The average Bonchev–Trinajstić information content (AvgIpc) is 2.97. The van der Waals surface area contributed by atoms with Crippen molar-refractivity contribution >= 4 is 36.0 Å². The summed E-state index contributed by atoms with van der Waals surface area (Å²) in [5, 5.41) is 10.4. The van der Waals surface area contributed by atoms with E-state index in [9.17, 15) is 4.79 Å². The van der Waals surface area contributed by atoms with Gasteiger partial charge in [0, 0.05) is 32.6 Å². The van der Waals surface area contributed by atoms with E-state index in [0.717, 1.165) is 19.4 Å². The van der Waals surface area contributed by atoms with Gasteiger partial charge in [-0.1, -0.05) is 5.16 Å². The van der Waals surface area contributed by atoms with E-state index in [1.165, 1.54) is 0 Å². The van der Waals surface area contributed by atoms with Gasteiger partial charge in [0.1, 0.15) is 12.1 Å². The van der Waals surface area contributed by atoms with E-state index in [-0.39, 0.29) is 36.1 Å². The van der Waals surface area contributed by atoms with Crippen LogP contribution in [0.25, 0.3) is 0 Å². The standard InChI is InChI=1S/C17H30N6O3.HI/c1-6-18-15(19-10-14-20-12(2)26-22-14)21-13-8-7-9-23(11-13)16(24)25-17(3,4)5;/h13H,6-11H2,1-5H3,(H2,18,19,21);1H. The van der Waals surface area contributed by atoms with Crippen LogP contribution in [0.15, 0.2) is 9.52 Å². The Kier molecular flexibility index (Phi) is 9.27. The van der Waals surface area contributed by atoms with Gasteiger partial charge in [-0.15, -0.1) is 24.0 Å². The normalized spacial score (nSPS) is 17.9. The number of aromatic nitrogens is 2. The van der Waals surface area contributed by atoms with E-state index in [0.29, 0.717) is 37.3 Å². The fourth-order valence-corrected chi connectivity index (χ4v) is 2.66. The molecule has 1 aliphatic heterocycles. The van der Waals surface area contributed by atoms with E-state index >= 15 is 0 Å². The summed E-state index contributed by atoms with van der Waals surface area (Å²) in [6.07, 6.45) is 1.61. The highest BCUT2D eigenvalue weighted by Crippen LogP contribution is 2.15. The number of carbonyl (C=O) groups is 1. The number of ether oxygens (including phenoxy) is 1. The molecule has 0 radical (unpaired) electrons. The number of nitrogens with zero attached hydrogens (tertiary/aromatic N) is 4. The molecule has 154 valence electrons. The van der Waals surface area contributed by atoms with Crippen molar-refractivity contribution in [2.45, 2.75) is 65.6 Å². The number of piperidine rings is 1. The topological polar surface area (TPSA) is 105 Å². The molecule has 1 aliphatic rings. The Hall–Kier alpha value is -1.59. The molecule has 1 amide bonds. The van der Waals surface area contributed by atoms with Gasteiger partial charge in [0.2, 0.25) is 5.89 Å². The second kappa shape index (κ2) is 10.7. The summed E-state index contributed by atoms with van der Waals surface area (Å²) >= 11 is 0. The van der Waals surface area contributed by atoms with Gasteiger partial charge in [0.15, 0.2) is 11.8 Å². The molecule has 1 unspecified atom stereocenters. The number of rotatable bonds is 4. The van der Waals surface area contributed by atoms with E-state index in [1.54, 1.807) is 11.8 Å². The Bertz CT molecular complexity index is 628. The molecule has 0 bridgehead atoms. The van der Waals surface area contributed by atoms with Crippen LogP contribution in [0.2, 0.25) is 0 Å². The summed E-state index contributed by atoms with van der Waals surface area (Å²) in [6.45, 7) is 11.7. The van der Waals surface area contributed by atoms with Gasteiger partial charge >= 0.3 is 6.09 Å². The lowest BCUT2D eigenvalue weighted by atomic mass is 10.1. The molecule has 1 aromatic rings. The Morgan fingerprint density at radius 1 is 1.44 bits per heavy atom. The zero-order valence-corrected chi connectivity index (χ0v) is 19.1. The molecule has 0 aliphatic carbocycles. The molecular formula is C17H31IN6O3. The smallest absolute Gasteiger partial charge is 0.410 e. The number of nitrogens with one attached hydrogen (secondary N) is 2. The highest BCUT2D eigenvalue weighted by atomic mass is 127. The van der Waals surface area contributed by atoms with Crippen molar-refractivity contribution in [2.24, 2.45) is 4.99 Å². The van der Waals surface area contributed by atoms with Crippen molar-refractivity contribution < 1.29 is 14.1 Å². The Morgan fingerprint density at radius 3 is 2.78 bits per heavy atom. The summed E-state index contributed by atoms with van der Waals surface area (Å²) in [6, 6.07) is 0.112. The van der Waals surface area contributed by atoms with Crippen LogP contribution in [-0.2, 0) is 11.3 Å². The first-order valence-electron chi connectivity index (χ1n) is 9.09. The Morgan fingerprint density at radius 2 is 2.19 bits per heavy atom. The monoisotopic (exact) mass is 494 g/mol. The highest BCUT2D eigenvalue weighted by molar-refractivity contribution is 14.0. The summed E-state index contributed by atoms with van der Waals surface area (Å²) in [4.78, 5) is 22.7. The third-order valence-electron chi connectivity index (χ3n) is 3.71. The molecule has 0 saturated carbocycles. The van der Waals surface area contributed by atoms with Crippen LogP contribution in [-0.4, -0.2) is 58.4 Å². The van der Waals surface area contributed by atoms with Crippen molar-refractivity contribution in [2.75, 3.05) is 19.6 Å². The molecule has 10 heteroatoms. The number of amides is 1. The minimum Gasteiger partial charge on any atom is -0.444 e. The van der Waals surface area contributed by atoms with Crippen molar-refractivity contribution in [3.05, 3.63) is 11.7 Å². The first kappa shape index (κ1) is 23.4.